The quantitative estimate of drug-likeness (QED) is 0.501. The molecular formula is C15H26OSi. The highest BCUT2D eigenvalue weighted by Gasteiger charge is 2.32. The molecule has 0 radical (unpaired) electrons. The third-order valence-electron chi connectivity index (χ3n) is 4.05. The molecule has 2 aliphatic carbocycles. The molecule has 2 heteroatoms. The first kappa shape index (κ1) is 12.9. The van der Waals surface area contributed by atoms with E-state index in [2.05, 4.69) is 39.6 Å². The number of fused-ring (bicyclic) bond motifs is 1. The SMILES string of the molecule is CC1=C2CC[C@H](C)[C@H]2CC(O[Si](C)(C)C)=CC1. The van der Waals surface area contributed by atoms with E-state index in [9.17, 15) is 0 Å². The van der Waals surface area contributed by atoms with E-state index >= 15 is 0 Å². The summed E-state index contributed by atoms with van der Waals surface area (Å²) in [6.07, 6.45) is 7.30. The normalized spacial score (nSPS) is 29.8. The Hall–Kier alpha value is -0.503. The first-order valence-corrected chi connectivity index (χ1v) is 10.3. The fraction of sp³-hybridized carbons (Fsp3) is 0.733. The van der Waals surface area contributed by atoms with E-state index < -0.39 is 8.32 Å². The minimum atomic E-state index is -1.44. The monoisotopic (exact) mass is 250 g/mol. The van der Waals surface area contributed by atoms with Gasteiger partial charge in [-0.25, -0.2) is 0 Å². The molecule has 0 unspecified atom stereocenters. The summed E-state index contributed by atoms with van der Waals surface area (Å²) < 4.78 is 6.24. The van der Waals surface area contributed by atoms with Gasteiger partial charge in [-0.3, -0.25) is 0 Å². The highest BCUT2D eigenvalue weighted by Crippen LogP contribution is 2.44. The minimum Gasteiger partial charge on any atom is -0.548 e. The Morgan fingerprint density at radius 3 is 2.65 bits per heavy atom. The number of hydrogen-bond acceptors (Lipinski definition) is 1. The second-order valence-electron chi connectivity index (χ2n) is 6.72. The lowest BCUT2D eigenvalue weighted by Crippen LogP contribution is -2.25. The van der Waals surface area contributed by atoms with Crippen LogP contribution < -0.4 is 0 Å². The number of allylic oxidation sites excluding steroid dienone is 4. The topological polar surface area (TPSA) is 9.23 Å². The van der Waals surface area contributed by atoms with Crippen molar-refractivity contribution in [3.63, 3.8) is 0 Å². The molecule has 1 nitrogen and oxygen atoms in total. The molecule has 0 N–H and O–H groups in total. The van der Waals surface area contributed by atoms with E-state index in [4.69, 9.17) is 4.43 Å². The predicted octanol–water partition coefficient (Wildman–Crippen LogP) is 4.88. The van der Waals surface area contributed by atoms with Crippen LogP contribution in [0.1, 0.15) is 39.5 Å². The highest BCUT2D eigenvalue weighted by molar-refractivity contribution is 6.70. The molecule has 0 aliphatic heterocycles. The lowest BCUT2D eigenvalue weighted by molar-refractivity contribution is 0.348. The van der Waals surface area contributed by atoms with Crippen molar-refractivity contribution in [2.24, 2.45) is 11.8 Å². The van der Waals surface area contributed by atoms with Crippen molar-refractivity contribution in [2.45, 2.75) is 59.2 Å². The molecule has 1 saturated carbocycles. The van der Waals surface area contributed by atoms with Crippen LogP contribution in [0, 0.1) is 11.8 Å². The van der Waals surface area contributed by atoms with Gasteiger partial charge in [0, 0.05) is 6.42 Å². The summed E-state index contributed by atoms with van der Waals surface area (Å²) in [5.41, 5.74) is 3.34. The molecule has 0 spiro atoms. The first-order chi connectivity index (χ1) is 7.87. The van der Waals surface area contributed by atoms with E-state index in [-0.39, 0.29) is 0 Å². The molecular weight excluding hydrogens is 224 g/mol. The molecule has 2 aliphatic rings. The van der Waals surface area contributed by atoms with E-state index in [1.807, 2.05) is 0 Å². The molecule has 0 aromatic rings. The smallest absolute Gasteiger partial charge is 0.241 e. The zero-order valence-electron chi connectivity index (χ0n) is 12.0. The number of hydrogen-bond donors (Lipinski definition) is 0. The average Bonchev–Trinajstić information content (AvgIpc) is 2.46. The van der Waals surface area contributed by atoms with Crippen molar-refractivity contribution >= 4 is 8.32 Å². The van der Waals surface area contributed by atoms with Gasteiger partial charge in [0.05, 0.1) is 5.76 Å². The molecule has 96 valence electrons. The van der Waals surface area contributed by atoms with Crippen LogP contribution in [0.3, 0.4) is 0 Å². The fourth-order valence-corrected chi connectivity index (χ4v) is 4.10. The molecule has 0 bridgehead atoms. The minimum absolute atomic E-state index is 0.764. The van der Waals surface area contributed by atoms with Crippen molar-refractivity contribution in [1.82, 2.24) is 0 Å². The highest BCUT2D eigenvalue weighted by atomic mass is 28.4. The predicted molar refractivity (Wildman–Crippen MR) is 76.3 cm³/mol. The average molecular weight is 250 g/mol. The summed E-state index contributed by atoms with van der Waals surface area (Å²) in [6, 6.07) is 0. The van der Waals surface area contributed by atoms with Crippen LogP contribution in [0.25, 0.3) is 0 Å². The van der Waals surface area contributed by atoms with Gasteiger partial charge < -0.3 is 4.43 Å². The van der Waals surface area contributed by atoms with Crippen molar-refractivity contribution in [2.75, 3.05) is 0 Å². The van der Waals surface area contributed by atoms with E-state index in [1.54, 1.807) is 11.1 Å². The molecule has 0 amide bonds. The Balaban J connectivity index is 2.16. The standard InChI is InChI=1S/C15H26OSi/c1-11-6-8-13(16-17(3,4)5)10-15-12(2)7-9-14(11)15/h8,12,15H,6-7,9-10H2,1-5H3/t12-,15+/m0/s1. The summed E-state index contributed by atoms with van der Waals surface area (Å²) in [5.74, 6) is 2.88. The summed E-state index contributed by atoms with van der Waals surface area (Å²) in [6.45, 7) is 11.5. The second-order valence-corrected chi connectivity index (χ2v) is 11.2. The summed E-state index contributed by atoms with van der Waals surface area (Å²) in [7, 11) is -1.44. The van der Waals surface area contributed by atoms with Crippen molar-refractivity contribution in [3.05, 3.63) is 23.0 Å². The van der Waals surface area contributed by atoms with Crippen LogP contribution in [0.5, 0.6) is 0 Å². The van der Waals surface area contributed by atoms with E-state index in [0.29, 0.717) is 0 Å². The second kappa shape index (κ2) is 4.64. The summed E-state index contributed by atoms with van der Waals surface area (Å²) in [5, 5.41) is 0. The zero-order valence-corrected chi connectivity index (χ0v) is 13.0. The van der Waals surface area contributed by atoms with Crippen LogP contribution in [-0.2, 0) is 4.43 Å². The zero-order chi connectivity index (χ0) is 12.6. The molecule has 1 fully saturated rings. The van der Waals surface area contributed by atoms with Crippen molar-refractivity contribution in [3.8, 4) is 0 Å². The Morgan fingerprint density at radius 1 is 1.29 bits per heavy atom. The van der Waals surface area contributed by atoms with Gasteiger partial charge in [0.15, 0.2) is 0 Å². The van der Waals surface area contributed by atoms with Crippen LogP contribution in [0.15, 0.2) is 23.0 Å². The summed E-state index contributed by atoms with van der Waals surface area (Å²) in [4.78, 5) is 0. The van der Waals surface area contributed by atoms with Gasteiger partial charge in [0.2, 0.25) is 8.32 Å². The van der Waals surface area contributed by atoms with E-state index in [1.165, 1.54) is 18.6 Å². The molecule has 17 heavy (non-hydrogen) atoms. The number of rotatable bonds is 2. The molecule has 0 saturated heterocycles. The molecule has 0 heterocycles. The largest absolute Gasteiger partial charge is 0.548 e. The summed E-state index contributed by atoms with van der Waals surface area (Å²) >= 11 is 0. The Labute approximate surface area is 107 Å². The van der Waals surface area contributed by atoms with Crippen LogP contribution in [-0.4, -0.2) is 8.32 Å². The third kappa shape index (κ3) is 3.04. The lowest BCUT2D eigenvalue weighted by atomic mass is 9.90. The first-order valence-electron chi connectivity index (χ1n) is 6.93. The van der Waals surface area contributed by atoms with Crippen molar-refractivity contribution in [1.29, 1.82) is 0 Å². The Bertz CT molecular complexity index is 360. The Kier molecular flexibility index (Phi) is 3.53. The van der Waals surface area contributed by atoms with E-state index in [0.717, 1.165) is 24.7 Å². The van der Waals surface area contributed by atoms with Gasteiger partial charge in [-0.1, -0.05) is 18.1 Å². The third-order valence-corrected chi connectivity index (χ3v) is 4.92. The van der Waals surface area contributed by atoms with Crippen LogP contribution >= 0.6 is 0 Å². The van der Waals surface area contributed by atoms with Gasteiger partial charge >= 0.3 is 0 Å². The van der Waals surface area contributed by atoms with Gasteiger partial charge in [-0.2, -0.15) is 0 Å². The van der Waals surface area contributed by atoms with Gasteiger partial charge in [-0.15, -0.1) is 0 Å². The maximum absolute atomic E-state index is 6.24. The molecule has 2 rings (SSSR count). The van der Waals surface area contributed by atoms with Gasteiger partial charge in [0.25, 0.3) is 0 Å². The van der Waals surface area contributed by atoms with Crippen LogP contribution in [0.2, 0.25) is 19.6 Å². The maximum Gasteiger partial charge on any atom is 0.241 e. The van der Waals surface area contributed by atoms with Gasteiger partial charge in [-0.05, 0) is 63.7 Å². The molecule has 0 aromatic carbocycles. The fourth-order valence-electron chi connectivity index (χ4n) is 3.14. The maximum atomic E-state index is 6.24. The molecule has 2 atom stereocenters. The molecule has 0 aromatic heterocycles. The van der Waals surface area contributed by atoms with Crippen LogP contribution in [0.4, 0.5) is 0 Å². The van der Waals surface area contributed by atoms with Gasteiger partial charge in [0.1, 0.15) is 0 Å². The lowest BCUT2D eigenvalue weighted by Gasteiger charge is -2.25. The van der Waals surface area contributed by atoms with Crippen molar-refractivity contribution < 1.29 is 4.43 Å². The Morgan fingerprint density at radius 2 is 2.00 bits per heavy atom.